The molecule has 0 spiro atoms. The molecule has 3 rings (SSSR count). The normalized spacial score (nSPS) is 11.9. The van der Waals surface area contributed by atoms with Crippen molar-refractivity contribution < 1.29 is 9.90 Å². The molecule has 0 aliphatic carbocycles. The number of carbonyl (C=O) groups excluding carboxylic acids is 1. The first-order valence-electron chi connectivity index (χ1n) is 7.29. The molecule has 0 fully saturated rings. The van der Waals surface area contributed by atoms with Crippen LogP contribution in [-0.4, -0.2) is 32.2 Å². The number of hydrogen-bond donors (Lipinski definition) is 2. The van der Waals surface area contributed by atoms with Crippen molar-refractivity contribution in [2.45, 2.75) is 6.04 Å². The highest BCUT2D eigenvalue weighted by molar-refractivity contribution is 6.30. The van der Waals surface area contributed by atoms with Gasteiger partial charge in [0.05, 0.1) is 12.6 Å². The number of carbonyl (C=O) groups is 1. The number of amides is 1. The SMILES string of the molecule is O=C(NC(CO)c1ccc(Cl)cc1)c1ccnc(-n2ccnc2)c1. The fourth-order valence-electron chi connectivity index (χ4n) is 2.27. The molecule has 0 radical (unpaired) electrons. The average Bonchev–Trinajstić information content (AvgIpc) is 3.15. The van der Waals surface area contributed by atoms with Gasteiger partial charge in [-0.05, 0) is 29.8 Å². The molecule has 2 N–H and O–H groups in total. The Bertz CT molecular complexity index is 819. The summed E-state index contributed by atoms with van der Waals surface area (Å²) in [5, 5.41) is 13.0. The summed E-state index contributed by atoms with van der Waals surface area (Å²) in [6.07, 6.45) is 6.54. The number of nitrogens with one attached hydrogen (secondary N) is 1. The predicted octanol–water partition coefficient (Wildman–Crippen LogP) is 2.38. The average molecular weight is 343 g/mol. The summed E-state index contributed by atoms with van der Waals surface area (Å²) in [7, 11) is 0. The number of benzene rings is 1. The van der Waals surface area contributed by atoms with Gasteiger partial charge in [-0.15, -0.1) is 0 Å². The van der Waals surface area contributed by atoms with Crippen molar-refractivity contribution in [3.05, 3.63) is 77.5 Å². The second-order valence-corrected chi connectivity index (χ2v) is 5.57. The molecule has 0 bridgehead atoms. The van der Waals surface area contributed by atoms with E-state index in [1.165, 1.54) is 0 Å². The largest absolute Gasteiger partial charge is 0.394 e. The molecule has 3 aromatic rings. The molecule has 1 atom stereocenters. The van der Waals surface area contributed by atoms with Gasteiger partial charge in [0.15, 0.2) is 0 Å². The molecule has 122 valence electrons. The Balaban J connectivity index is 1.78. The van der Waals surface area contributed by atoms with Gasteiger partial charge in [-0.3, -0.25) is 9.36 Å². The van der Waals surface area contributed by atoms with Crippen LogP contribution in [0.1, 0.15) is 22.0 Å². The number of aromatic nitrogens is 3. The minimum absolute atomic E-state index is 0.215. The van der Waals surface area contributed by atoms with Gasteiger partial charge in [-0.2, -0.15) is 0 Å². The first-order chi connectivity index (χ1) is 11.7. The lowest BCUT2D eigenvalue weighted by atomic mass is 10.1. The van der Waals surface area contributed by atoms with E-state index in [0.717, 1.165) is 5.56 Å². The van der Waals surface area contributed by atoms with Gasteiger partial charge in [0.25, 0.3) is 5.91 Å². The van der Waals surface area contributed by atoms with E-state index in [1.54, 1.807) is 65.9 Å². The minimum Gasteiger partial charge on any atom is -0.394 e. The second-order valence-electron chi connectivity index (χ2n) is 5.13. The molecule has 1 unspecified atom stereocenters. The van der Waals surface area contributed by atoms with E-state index in [9.17, 15) is 9.90 Å². The molecule has 1 amide bonds. The summed E-state index contributed by atoms with van der Waals surface area (Å²) in [5.41, 5.74) is 1.22. The summed E-state index contributed by atoms with van der Waals surface area (Å²) in [6, 6.07) is 9.74. The standard InChI is InChI=1S/C17H15ClN4O2/c18-14-3-1-12(2-4-14)15(10-23)21-17(24)13-5-6-20-16(9-13)22-8-7-19-11-22/h1-9,11,15,23H,10H2,(H,21,24). The third-order valence-corrected chi connectivity index (χ3v) is 3.79. The lowest BCUT2D eigenvalue weighted by Crippen LogP contribution is -2.30. The molecular weight excluding hydrogens is 328 g/mol. The van der Waals surface area contributed by atoms with Crippen molar-refractivity contribution in [3.8, 4) is 5.82 Å². The Labute approximate surface area is 143 Å². The van der Waals surface area contributed by atoms with Gasteiger partial charge in [-0.25, -0.2) is 9.97 Å². The number of hydrogen-bond acceptors (Lipinski definition) is 4. The van der Waals surface area contributed by atoms with Crippen LogP contribution >= 0.6 is 11.6 Å². The van der Waals surface area contributed by atoms with Crippen molar-refractivity contribution in [1.29, 1.82) is 0 Å². The molecule has 0 saturated carbocycles. The van der Waals surface area contributed by atoms with Crippen LogP contribution in [0, 0.1) is 0 Å². The Morgan fingerprint density at radius 2 is 2.04 bits per heavy atom. The number of halogens is 1. The van der Waals surface area contributed by atoms with Crippen LogP contribution in [0.4, 0.5) is 0 Å². The minimum atomic E-state index is -0.514. The monoisotopic (exact) mass is 342 g/mol. The second kappa shape index (κ2) is 7.25. The predicted molar refractivity (Wildman–Crippen MR) is 90.1 cm³/mol. The quantitative estimate of drug-likeness (QED) is 0.746. The Kier molecular flexibility index (Phi) is 4.88. The highest BCUT2D eigenvalue weighted by atomic mass is 35.5. The van der Waals surface area contributed by atoms with Gasteiger partial charge in [0, 0.05) is 29.2 Å². The molecule has 0 aliphatic heterocycles. The smallest absolute Gasteiger partial charge is 0.252 e. The lowest BCUT2D eigenvalue weighted by molar-refractivity contribution is 0.0916. The van der Waals surface area contributed by atoms with E-state index in [1.807, 2.05) is 0 Å². The topological polar surface area (TPSA) is 80.0 Å². The summed E-state index contributed by atoms with van der Waals surface area (Å²) in [5.74, 6) is 0.292. The number of rotatable bonds is 5. The molecule has 6 nitrogen and oxygen atoms in total. The number of imidazole rings is 1. The van der Waals surface area contributed by atoms with Gasteiger partial charge in [-0.1, -0.05) is 23.7 Å². The van der Waals surface area contributed by atoms with Crippen molar-refractivity contribution in [2.24, 2.45) is 0 Å². The zero-order valence-corrected chi connectivity index (χ0v) is 13.4. The molecule has 2 aromatic heterocycles. The molecule has 0 aliphatic rings. The van der Waals surface area contributed by atoms with E-state index < -0.39 is 6.04 Å². The first kappa shape index (κ1) is 16.2. The fraction of sp³-hybridized carbons (Fsp3) is 0.118. The first-order valence-corrected chi connectivity index (χ1v) is 7.67. The molecule has 1 aromatic carbocycles. The Morgan fingerprint density at radius 1 is 1.25 bits per heavy atom. The zero-order chi connectivity index (χ0) is 16.9. The molecule has 0 saturated heterocycles. The Morgan fingerprint density at radius 3 is 2.71 bits per heavy atom. The summed E-state index contributed by atoms with van der Waals surface area (Å²) >= 11 is 5.86. The third kappa shape index (κ3) is 3.61. The van der Waals surface area contributed by atoms with Gasteiger partial charge >= 0.3 is 0 Å². The summed E-state index contributed by atoms with van der Waals surface area (Å²) in [4.78, 5) is 20.6. The number of aliphatic hydroxyl groups is 1. The van der Waals surface area contributed by atoms with Crippen LogP contribution in [0.15, 0.2) is 61.3 Å². The van der Waals surface area contributed by atoms with Crippen LogP contribution in [0.3, 0.4) is 0 Å². The molecule has 7 heteroatoms. The number of aliphatic hydroxyl groups excluding tert-OH is 1. The van der Waals surface area contributed by atoms with Crippen molar-refractivity contribution >= 4 is 17.5 Å². The van der Waals surface area contributed by atoms with E-state index in [0.29, 0.717) is 16.4 Å². The number of pyridine rings is 1. The fourth-order valence-corrected chi connectivity index (χ4v) is 2.39. The maximum Gasteiger partial charge on any atom is 0.252 e. The van der Waals surface area contributed by atoms with Crippen LogP contribution < -0.4 is 5.32 Å². The van der Waals surface area contributed by atoms with Crippen LogP contribution in [0.2, 0.25) is 5.02 Å². The van der Waals surface area contributed by atoms with Crippen LogP contribution in [0.25, 0.3) is 5.82 Å². The Hall–Kier alpha value is -2.70. The van der Waals surface area contributed by atoms with Crippen molar-refractivity contribution in [1.82, 2.24) is 19.9 Å². The molecule has 2 heterocycles. The van der Waals surface area contributed by atoms with E-state index in [2.05, 4.69) is 15.3 Å². The maximum absolute atomic E-state index is 12.5. The highest BCUT2D eigenvalue weighted by Gasteiger charge is 2.15. The van der Waals surface area contributed by atoms with Gasteiger partial charge < -0.3 is 10.4 Å². The summed E-state index contributed by atoms with van der Waals surface area (Å²) in [6.45, 7) is -0.215. The van der Waals surface area contributed by atoms with Crippen LogP contribution in [0.5, 0.6) is 0 Å². The van der Waals surface area contributed by atoms with Crippen LogP contribution in [-0.2, 0) is 0 Å². The van der Waals surface area contributed by atoms with Crippen molar-refractivity contribution in [3.63, 3.8) is 0 Å². The van der Waals surface area contributed by atoms with E-state index >= 15 is 0 Å². The summed E-state index contributed by atoms with van der Waals surface area (Å²) < 4.78 is 1.71. The highest BCUT2D eigenvalue weighted by Crippen LogP contribution is 2.17. The number of nitrogens with zero attached hydrogens (tertiary/aromatic N) is 3. The zero-order valence-electron chi connectivity index (χ0n) is 12.6. The third-order valence-electron chi connectivity index (χ3n) is 3.54. The van der Waals surface area contributed by atoms with Gasteiger partial charge in [0.2, 0.25) is 0 Å². The molecule has 24 heavy (non-hydrogen) atoms. The molecular formula is C17H15ClN4O2. The van der Waals surface area contributed by atoms with Crippen molar-refractivity contribution in [2.75, 3.05) is 6.61 Å². The maximum atomic E-state index is 12.5. The lowest BCUT2D eigenvalue weighted by Gasteiger charge is -2.17. The van der Waals surface area contributed by atoms with Gasteiger partial charge in [0.1, 0.15) is 12.1 Å². The van der Waals surface area contributed by atoms with E-state index in [4.69, 9.17) is 11.6 Å². The van der Waals surface area contributed by atoms with E-state index in [-0.39, 0.29) is 12.5 Å².